The van der Waals surface area contributed by atoms with Crippen LogP contribution in [0.3, 0.4) is 0 Å². The molecular formula is C20H18ClN3O3. The maximum atomic E-state index is 11.8. The van der Waals surface area contributed by atoms with Gasteiger partial charge in [-0.25, -0.2) is 5.43 Å². The fourth-order valence-electron chi connectivity index (χ4n) is 2.47. The van der Waals surface area contributed by atoms with Crippen molar-refractivity contribution in [3.8, 4) is 11.5 Å². The van der Waals surface area contributed by atoms with Crippen LogP contribution in [0.4, 0.5) is 0 Å². The molecule has 0 aliphatic rings. The second-order valence-corrected chi connectivity index (χ2v) is 6.22. The number of para-hydroxylation sites is 1. The average molecular weight is 384 g/mol. The zero-order valence-corrected chi connectivity index (χ0v) is 15.2. The van der Waals surface area contributed by atoms with Crippen molar-refractivity contribution in [1.29, 1.82) is 0 Å². The predicted molar refractivity (Wildman–Crippen MR) is 105 cm³/mol. The number of fused-ring (bicyclic) bond motifs is 1. The summed E-state index contributed by atoms with van der Waals surface area (Å²) >= 11 is 5.85. The lowest BCUT2D eigenvalue weighted by molar-refractivity contribution is -0.121. The van der Waals surface area contributed by atoms with Gasteiger partial charge >= 0.3 is 0 Å². The number of phenolic OH excluding ortho intramolecular Hbond substituents is 1. The van der Waals surface area contributed by atoms with E-state index in [1.54, 1.807) is 18.3 Å². The van der Waals surface area contributed by atoms with Crippen molar-refractivity contribution < 1.29 is 14.6 Å². The average Bonchev–Trinajstić information content (AvgIpc) is 2.68. The van der Waals surface area contributed by atoms with Crippen LogP contribution in [0.25, 0.3) is 10.9 Å². The number of amides is 1. The van der Waals surface area contributed by atoms with Gasteiger partial charge in [0.1, 0.15) is 17.0 Å². The summed E-state index contributed by atoms with van der Waals surface area (Å²) in [4.78, 5) is 16.2. The fourth-order valence-corrected chi connectivity index (χ4v) is 2.65. The highest BCUT2D eigenvalue weighted by atomic mass is 35.5. The Labute approximate surface area is 161 Å². The van der Waals surface area contributed by atoms with E-state index in [0.29, 0.717) is 29.4 Å². The molecule has 138 valence electrons. The van der Waals surface area contributed by atoms with Crippen LogP contribution in [-0.4, -0.2) is 28.8 Å². The lowest BCUT2D eigenvalue weighted by Gasteiger charge is -2.08. The van der Waals surface area contributed by atoms with Gasteiger partial charge in [-0.15, -0.1) is 0 Å². The molecule has 0 aliphatic heterocycles. The van der Waals surface area contributed by atoms with Crippen LogP contribution in [0.1, 0.15) is 18.4 Å². The molecule has 0 atom stereocenters. The number of halogens is 1. The van der Waals surface area contributed by atoms with E-state index in [1.165, 1.54) is 12.3 Å². The largest absolute Gasteiger partial charge is 0.507 e. The Morgan fingerprint density at radius 3 is 3.00 bits per heavy atom. The molecular weight excluding hydrogens is 366 g/mol. The fraction of sp³-hybridized carbons (Fsp3) is 0.150. The van der Waals surface area contributed by atoms with Crippen molar-refractivity contribution in [2.45, 2.75) is 12.8 Å². The van der Waals surface area contributed by atoms with Gasteiger partial charge in [0.25, 0.3) is 0 Å². The molecule has 0 fully saturated rings. The number of ether oxygens (including phenoxy) is 1. The predicted octanol–water partition coefficient (Wildman–Crippen LogP) is 3.90. The lowest BCUT2D eigenvalue weighted by atomic mass is 10.2. The minimum atomic E-state index is -0.243. The van der Waals surface area contributed by atoms with Gasteiger partial charge in [-0.3, -0.25) is 9.78 Å². The molecule has 6 nitrogen and oxygen atoms in total. The SMILES string of the molecule is O=C(CCCOc1cccc2cccnc12)N/N=C/c1cc(Cl)ccc1O. The minimum absolute atomic E-state index is 0.0366. The Balaban J connectivity index is 1.44. The number of phenols is 1. The summed E-state index contributed by atoms with van der Waals surface area (Å²) in [6.07, 6.45) is 3.86. The summed E-state index contributed by atoms with van der Waals surface area (Å²) in [6, 6.07) is 14.2. The zero-order chi connectivity index (χ0) is 19.1. The number of rotatable bonds is 7. The van der Waals surface area contributed by atoms with E-state index in [1.807, 2.05) is 30.3 Å². The number of carbonyl (C=O) groups excluding carboxylic acids is 1. The normalized spacial score (nSPS) is 11.0. The molecule has 7 heteroatoms. The summed E-state index contributed by atoms with van der Waals surface area (Å²) in [5.74, 6) is 0.491. The first-order chi connectivity index (χ1) is 13.1. The first-order valence-electron chi connectivity index (χ1n) is 8.40. The second-order valence-electron chi connectivity index (χ2n) is 5.78. The Morgan fingerprint density at radius 1 is 1.26 bits per heavy atom. The van der Waals surface area contributed by atoms with Crippen LogP contribution >= 0.6 is 11.6 Å². The molecule has 3 rings (SSSR count). The molecule has 0 bridgehead atoms. The summed E-state index contributed by atoms with van der Waals surface area (Å²) in [5, 5.41) is 15.0. The van der Waals surface area contributed by atoms with Crippen molar-refractivity contribution in [2.75, 3.05) is 6.61 Å². The third kappa shape index (κ3) is 5.18. The molecule has 2 aromatic carbocycles. The van der Waals surface area contributed by atoms with Gasteiger partial charge < -0.3 is 9.84 Å². The first-order valence-corrected chi connectivity index (χ1v) is 8.78. The molecule has 1 aromatic heterocycles. The van der Waals surface area contributed by atoms with Gasteiger partial charge in [0, 0.05) is 28.6 Å². The third-order valence-electron chi connectivity index (χ3n) is 3.78. The van der Waals surface area contributed by atoms with E-state index < -0.39 is 0 Å². The first kappa shape index (κ1) is 18.7. The van der Waals surface area contributed by atoms with Gasteiger partial charge in [-0.05, 0) is 36.8 Å². The number of pyridine rings is 1. The number of aromatic nitrogens is 1. The van der Waals surface area contributed by atoms with E-state index in [0.717, 1.165) is 10.9 Å². The molecule has 2 N–H and O–H groups in total. The standard InChI is InChI=1S/C20H18ClN3O3/c21-16-8-9-17(25)15(12-16)13-23-24-19(26)7-3-11-27-18-6-1-4-14-5-2-10-22-20(14)18/h1-2,4-6,8-10,12-13,25H,3,7,11H2,(H,24,26)/b23-13+. The van der Waals surface area contributed by atoms with Gasteiger partial charge in [0.05, 0.1) is 12.8 Å². The molecule has 0 aliphatic carbocycles. The number of hydrazone groups is 1. The van der Waals surface area contributed by atoms with Crippen LogP contribution in [0.2, 0.25) is 5.02 Å². The maximum Gasteiger partial charge on any atom is 0.240 e. The molecule has 0 spiro atoms. The molecule has 0 saturated heterocycles. The zero-order valence-electron chi connectivity index (χ0n) is 14.4. The van der Waals surface area contributed by atoms with Crippen molar-refractivity contribution in [3.63, 3.8) is 0 Å². The van der Waals surface area contributed by atoms with Crippen LogP contribution < -0.4 is 10.2 Å². The second kappa shape index (κ2) is 9.00. The molecule has 0 saturated carbocycles. The van der Waals surface area contributed by atoms with Gasteiger partial charge in [0.15, 0.2) is 0 Å². The van der Waals surface area contributed by atoms with Gasteiger partial charge in [-0.1, -0.05) is 29.8 Å². The Bertz CT molecular complexity index is 970. The van der Waals surface area contributed by atoms with Crippen LogP contribution in [0.5, 0.6) is 11.5 Å². The van der Waals surface area contributed by atoms with Crippen molar-refractivity contribution in [3.05, 3.63) is 65.3 Å². The van der Waals surface area contributed by atoms with Crippen molar-refractivity contribution in [1.82, 2.24) is 10.4 Å². The maximum absolute atomic E-state index is 11.8. The smallest absolute Gasteiger partial charge is 0.240 e. The highest BCUT2D eigenvalue weighted by Crippen LogP contribution is 2.23. The summed E-state index contributed by atoms with van der Waals surface area (Å²) in [6.45, 7) is 0.391. The number of hydrogen-bond acceptors (Lipinski definition) is 5. The van der Waals surface area contributed by atoms with Gasteiger partial charge in [0.2, 0.25) is 5.91 Å². The van der Waals surface area contributed by atoms with E-state index in [9.17, 15) is 9.90 Å². The van der Waals surface area contributed by atoms with Crippen LogP contribution in [0, 0.1) is 0 Å². The number of nitrogens with zero attached hydrogens (tertiary/aromatic N) is 2. The summed E-state index contributed by atoms with van der Waals surface area (Å²) < 4.78 is 5.74. The molecule has 3 aromatic rings. The molecule has 0 unspecified atom stereocenters. The lowest BCUT2D eigenvalue weighted by Crippen LogP contribution is -2.18. The Hall–Kier alpha value is -3.12. The van der Waals surface area contributed by atoms with E-state index in [-0.39, 0.29) is 18.1 Å². The summed E-state index contributed by atoms with van der Waals surface area (Å²) in [7, 11) is 0. The number of aromatic hydroxyl groups is 1. The minimum Gasteiger partial charge on any atom is -0.507 e. The third-order valence-corrected chi connectivity index (χ3v) is 4.02. The topological polar surface area (TPSA) is 83.8 Å². The molecule has 0 radical (unpaired) electrons. The monoisotopic (exact) mass is 383 g/mol. The summed E-state index contributed by atoms with van der Waals surface area (Å²) in [5.41, 5.74) is 3.64. The quantitative estimate of drug-likeness (QED) is 0.368. The van der Waals surface area contributed by atoms with Crippen LogP contribution in [-0.2, 0) is 4.79 Å². The van der Waals surface area contributed by atoms with Gasteiger partial charge in [-0.2, -0.15) is 5.10 Å². The highest BCUT2D eigenvalue weighted by Gasteiger charge is 2.04. The molecule has 27 heavy (non-hydrogen) atoms. The van der Waals surface area contributed by atoms with E-state index in [4.69, 9.17) is 16.3 Å². The van der Waals surface area contributed by atoms with Crippen molar-refractivity contribution in [2.24, 2.45) is 5.10 Å². The number of benzene rings is 2. The molecule has 1 amide bonds. The highest BCUT2D eigenvalue weighted by molar-refractivity contribution is 6.30. The molecule has 1 heterocycles. The number of carbonyl (C=O) groups is 1. The Morgan fingerprint density at radius 2 is 2.11 bits per heavy atom. The number of hydrogen-bond donors (Lipinski definition) is 2. The van der Waals surface area contributed by atoms with Crippen molar-refractivity contribution >= 4 is 34.6 Å². The van der Waals surface area contributed by atoms with Crippen LogP contribution in [0.15, 0.2) is 59.8 Å². The van der Waals surface area contributed by atoms with E-state index >= 15 is 0 Å². The number of nitrogens with one attached hydrogen (secondary N) is 1. The van der Waals surface area contributed by atoms with E-state index in [2.05, 4.69) is 15.5 Å². The Kier molecular flexibility index (Phi) is 6.22.